The Balaban J connectivity index is 2.71. The van der Waals surface area contributed by atoms with E-state index in [0.717, 1.165) is 0 Å². The van der Waals surface area contributed by atoms with Crippen LogP contribution in [0.3, 0.4) is 0 Å². The van der Waals surface area contributed by atoms with Gasteiger partial charge in [-0.05, 0) is 0 Å². The van der Waals surface area contributed by atoms with Gasteiger partial charge in [0.05, 0.1) is 6.61 Å². The highest BCUT2D eigenvalue weighted by Gasteiger charge is 2.45. The van der Waals surface area contributed by atoms with E-state index in [-0.39, 0.29) is 6.61 Å². The van der Waals surface area contributed by atoms with E-state index in [4.69, 9.17) is 24.1 Å². The van der Waals surface area contributed by atoms with Gasteiger partial charge in [-0.25, -0.2) is 4.79 Å². The van der Waals surface area contributed by atoms with Crippen molar-refractivity contribution < 1.29 is 39.1 Å². The number of aliphatic hydroxyl groups is 2. The third kappa shape index (κ3) is 3.61. The Hall–Kier alpha value is -0.770. The normalized spacial score (nSPS) is 36.6. The first-order valence-electron chi connectivity index (χ1n) is 5.38. The summed E-state index contributed by atoms with van der Waals surface area (Å²) in [5.74, 6) is -1.20. The minimum absolute atomic E-state index is 0.0701. The minimum Gasteiger partial charge on any atom is -0.480 e. The Morgan fingerprint density at radius 2 is 1.94 bits per heavy atom. The van der Waals surface area contributed by atoms with Crippen LogP contribution >= 0.6 is 0 Å². The Morgan fingerprint density at radius 3 is 2.44 bits per heavy atom. The first kappa shape index (κ1) is 15.3. The molecule has 0 saturated carbocycles. The second-order valence-corrected chi connectivity index (χ2v) is 3.88. The van der Waals surface area contributed by atoms with E-state index in [0.29, 0.717) is 0 Å². The van der Waals surface area contributed by atoms with Gasteiger partial charge in [-0.2, -0.15) is 0 Å². The first-order chi connectivity index (χ1) is 8.51. The maximum Gasteiger partial charge on any atom is 0.329 e. The van der Waals surface area contributed by atoms with Gasteiger partial charge in [0, 0.05) is 14.2 Å². The van der Waals surface area contributed by atoms with Crippen LogP contribution in [0, 0.1) is 0 Å². The second kappa shape index (κ2) is 6.98. The van der Waals surface area contributed by atoms with E-state index in [1.165, 1.54) is 14.2 Å². The van der Waals surface area contributed by atoms with Crippen LogP contribution in [0.15, 0.2) is 0 Å². The van der Waals surface area contributed by atoms with Crippen molar-refractivity contribution in [2.75, 3.05) is 27.4 Å². The molecule has 0 aromatic carbocycles. The van der Waals surface area contributed by atoms with Crippen LogP contribution in [-0.4, -0.2) is 79.4 Å². The van der Waals surface area contributed by atoms with Crippen LogP contribution in [0.2, 0.25) is 0 Å². The third-order valence-electron chi connectivity index (χ3n) is 2.60. The fourth-order valence-corrected chi connectivity index (χ4v) is 1.76. The Labute approximate surface area is 104 Å². The number of aliphatic hydroxyl groups excluding tert-OH is 2. The zero-order chi connectivity index (χ0) is 13.7. The molecule has 0 radical (unpaired) electrons. The van der Waals surface area contributed by atoms with Crippen LogP contribution < -0.4 is 0 Å². The molecule has 1 rings (SSSR count). The summed E-state index contributed by atoms with van der Waals surface area (Å²) in [6.07, 6.45) is -5.36. The molecule has 0 bridgehead atoms. The van der Waals surface area contributed by atoms with E-state index in [2.05, 4.69) is 0 Å². The predicted octanol–water partition coefficient (Wildman–Crippen LogP) is -1.80. The van der Waals surface area contributed by atoms with Crippen molar-refractivity contribution >= 4 is 5.97 Å². The molecule has 0 aromatic heterocycles. The molecule has 0 aliphatic carbocycles. The van der Waals surface area contributed by atoms with E-state index in [1.54, 1.807) is 0 Å². The van der Waals surface area contributed by atoms with Gasteiger partial charge in [0.25, 0.3) is 0 Å². The number of carboxylic acids is 1. The van der Waals surface area contributed by atoms with Crippen molar-refractivity contribution in [3.8, 4) is 0 Å². The molecule has 1 aliphatic heterocycles. The highest BCUT2D eigenvalue weighted by Crippen LogP contribution is 2.24. The zero-order valence-electron chi connectivity index (χ0n) is 10.2. The topological polar surface area (TPSA) is 115 Å². The maximum atomic E-state index is 10.4. The van der Waals surface area contributed by atoms with Crippen molar-refractivity contribution in [3.63, 3.8) is 0 Å². The second-order valence-electron chi connectivity index (χ2n) is 3.88. The number of hydrogen-bond acceptors (Lipinski definition) is 7. The summed E-state index contributed by atoms with van der Waals surface area (Å²) in [5.41, 5.74) is 0. The van der Waals surface area contributed by atoms with Gasteiger partial charge in [0.15, 0.2) is 6.29 Å². The molecule has 1 aliphatic rings. The number of carbonyl (C=O) groups is 1. The van der Waals surface area contributed by atoms with Gasteiger partial charge < -0.3 is 34.3 Å². The summed E-state index contributed by atoms with van der Waals surface area (Å²) >= 11 is 0. The molecular weight excluding hydrogens is 248 g/mol. The molecule has 5 atom stereocenters. The number of aliphatic carboxylic acids is 1. The molecule has 1 fully saturated rings. The summed E-state index contributed by atoms with van der Waals surface area (Å²) in [4.78, 5) is 10.4. The lowest BCUT2D eigenvalue weighted by molar-refractivity contribution is -0.302. The van der Waals surface area contributed by atoms with Crippen LogP contribution in [0.5, 0.6) is 0 Å². The molecule has 0 amide bonds. The van der Waals surface area contributed by atoms with E-state index < -0.39 is 43.3 Å². The fraction of sp³-hybridized carbons (Fsp3) is 0.900. The lowest BCUT2D eigenvalue weighted by Gasteiger charge is -2.41. The van der Waals surface area contributed by atoms with Crippen molar-refractivity contribution in [1.82, 2.24) is 0 Å². The largest absolute Gasteiger partial charge is 0.480 e. The number of carboxylic acid groups (broad SMARTS) is 1. The van der Waals surface area contributed by atoms with Gasteiger partial charge in [0.2, 0.25) is 0 Å². The van der Waals surface area contributed by atoms with E-state index >= 15 is 0 Å². The smallest absolute Gasteiger partial charge is 0.329 e. The Bertz CT molecular complexity index is 271. The Morgan fingerprint density at radius 1 is 1.28 bits per heavy atom. The number of ether oxygens (including phenoxy) is 4. The summed E-state index contributed by atoms with van der Waals surface area (Å²) < 4.78 is 20.0. The SMILES string of the molecule is COC[C@H]1O[C@H](OC)[C@H](O)[C@@H](OCC(=O)O)[C@@H]1O. The summed E-state index contributed by atoms with van der Waals surface area (Å²) in [6.45, 7) is -0.560. The highest BCUT2D eigenvalue weighted by atomic mass is 16.7. The molecule has 18 heavy (non-hydrogen) atoms. The average Bonchev–Trinajstić information content (AvgIpc) is 2.32. The summed E-state index contributed by atoms with van der Waals surface area (Å²) in [7, 11) is 2.75. The molecule has 0 aromatic rings. The van der Waals surface area contributed by atoms with Gasteiger partial charge in [0.1, 0.15) is 31.0 Å². The van der Waals surface area contributed by atoms with Crippen LogP contribution in [0.25, 0.3) is 0 Å². The molecule has 0 spiro atoms. The van der Waals surface area contributed by atoms with Gasteiger partial charge >= 0.3 is 5.97 Å². The molecule has 1 saturated heterocycles. The van der Waals surface area contributed by atoms with Crippen molar-refractivity contribution in [2.45, 2.75) is 30.7 Å². The average molecular weight is 266 g/mol. The van der Waals surface area contributed by atoms with Gasteiger partial charge in [-0.15, -0.1) is 0 Å². The van der Waals surface area contributed by atoms with Crippen molar-refractivity contribution in [3.05, 3.63) is 0 Å². The lowest BCUT2D eigenvalue weighted by atomic mass is 9.99. The Kier molecular flexibility index (Phi) is 5.93. The van der Waals surface area contributed by atoms with E-state index in [1.807, 2.05) is 0 Å². The number of rotatable bonds is 6. The van der Waals surface area contributed by atoms with Crippen LogP contribution in [0.1, 0.15) is 0 Å². The minimum atomic E-state index is -1.28. The maximum absolute atomic E-state index is 10.4. The van der Waals surface area contributed by atoms with E-state index in [9.17, 15) is 15.0 Å². The van der Waals surface area contributed by atoms with Gasteiger partial charge in [-0.3, -0.25) is 0 Å². The summed E-state index contributed by atoms with van der Waals surface area (Å²) in [6, 6.07) is 0. The lowest BCUT2D eigenvalue weighted by Crippen LogP contribution is -2.60. The van der Waals surface area contributed by atoms with Crippen molar-refractivity contribution in [1.29, 1.82) is 0 Å². The highest BCUT2D eigenvalue weighted by molar-refractivity contribution is 5.68. The monoisotopic (exact) mass is 266 g/mol. The fourth-order valence-electron chi connectivity index (χ4n) is 1.76. The molecular formula is C10H18O8. The van der Waals surface area contributed by atoms with Gasteiger partial charge in [-0.1, -0.05) is 0 Å². The van der Waals surface area contributed by atoms with Crippen molar-refractivity contribution in [2.24, 2.45) is 0 Å². The molecule has 106 valence electrons. The summed E-state index contributed by atoms with van der Waals surface area (Å²) in [5, 5.41) is 28.3. The molecule has 3 N–H and O–H groups in total. The third-order valence-corrected chi connectivity index (χ3v) is 2.60. The molecule has 8 heteroatoms. The quantitative estimate of drug-likeness (QED) is 0.515. The molecule has 1 heterocycles. The zero-order valence-corrected chi connectivity index (χ0v) is 10.2. The molecule has 0 unspecified atom stereocenters. The predicted molar refractivity (Wildman–Crippen MR) is 56.9 cm³/mol. The standard InChI is InChI=1S/C10H18O8/c1-15-3-5-7(13)9(17-4-6(11)12)8(14)10(16-2)18-5/h5,7-10,13-14H,3-4H2,1-2H3,(H,11,12)/t5-,7-,8-,9+,10+/m1/s1. The first-order valence-corrected chi connectivity index (χ1v) is 5.38. The molecule has 8 nitrogen and oxygen atoms in total. The number of methoxy groups -OCH3 is 2. The van der Waals surface area contributed by atoms with Crippen LogP contribution in [-0.2, 0) is 23.7 Å². The van der Waals surface area contributed by atoms with Crippen LogP contribution in [0.4, 0.5) is 0 Å². The number of hydrogen-bond donors (Lipinski definition) is 3.